The van der Waals surface area contributed by atoms with Crippen molar-refractivity contribution in [3.63, 3.8) is 0 Å². The van der Waals surface area contributed by atoms with Crippen LogP contribution in [0.15, 0.2) is 12.4 Å². The lowest BCUT2D eigenvalue weighted by molar-refractivity contribution is -0.125. The number of aromatic nitrogens is 2. The summed E-state index contributed by atoms with van der Waals surface area (Å²) < 4.78 is 7.23. The van der Waals surface area contributed by atoms with Crippen LogP contribution in [0.5, 0.6) is 0 Å². The molecular formula is C16H25N3O3. The first kappa shape index (κ1) is 16.5. The van der Waals surface area contributed by atoms with Crippen LogP contribution in [0.4, 0.5) is 4.79 Å². The summed E-state index contributed by atoms with van der Waals surface area (Å²) in [6.07, 6.45) is 4.43. The number of piperidine rings is 1. The molecule has 0 spiro atoms. The molecule has 1 aromatic heterocycles. The largest absolute Gasteiger partial charge is 0.444 e. The lowest BCUT2D eigenvalue weighted by Gasteiger charge is -2.33. The van der Waals surface area contributed by atoms with E-state index in [9.17, 15) is 9.59 Å². The van der Waals surface area contributed by atoms with Gasteiger partial charge in [0.25, 0.3) is 0 Å². The molecule has 1 fully saturated rings. The maximum Gasteiger partial charge on any atom is 0.410 e. The smallest absolute Gasteiger partial charge is 0.410 e. The molecule has 22 heavy (non-hydrogen) atoms. The number of rotatable bonds is 3. The number of carbonyl (C=O) groups excluding carboxylic acids is 2. The molecule has 122 valence electrons. The zero-order valence-corrected chi connectivity index (χ0v) is 13.8. The molecule has 0 saturated carbocycles. The fraction of sp³-hybridized carbons (Fsp3) is 0.688. The Labute approximate surface area is 131 Å². The SMILES string of the molecule is CCn1cc(CC2CN(C(=O)OC(C)(C)C)CCC2=O)cn1. The monoisotopic (exact) mass is 307 g/mol. The van der Waals surface area contributed by atoms with Gasteiger partial charge in [-0.25, -0.2) is 4.79 Å². The molecule has 1 aliphatic heterocycles. The van der Waals surface area contributed by atoms with E-state index in [-0.39, 0.29) is 17.8 Å². The van der Waals surface area contributed by atoms with Gasteiger partial charge in [-0.1, -0.05) is 0 Å². The highest BCUT2D eigenvalue weighted by Gasteiger charge is 2.32. The van der Waals surface area contributed by atoms with Crippen molar-refractivity contribution < 1.29 is 14.3 Å². The van der Waals surface area contributed by atoms with Gasteiger partial charge in [0.15, 0.2) is 0 Å². The second-order valence-electron chi connectivity index (χ2n) is 6.75. The first-order valence-corrected chi connectivity index (χ1v) is 7.80. The Bertz CT molecular complexity index is 545. The van der Waals surface area contributed by atoms with Gasteiger partial charge >= 0.3 is 6.09 Å². The number of Topliss-reactive ketones (excluding diaryl/α,β-unsaturated/α-hetero) is 1. The van der Waals surface area contributed by atoms with Crippen LogP contribution in [0.2, 0.25) is 0 Å². The molecule has 1 unspecified atom stereocenters. The summed E-state index contributed by atoms with van der Waals surface area (Å²) in [5, 5.41) is 4.23. The van der Waals surface area contributed by atoms with Crippen molar-refractivity contribution in [2.45, 2.75) is 52.7 Å². The Morgan fingerprint density at radius 2 is 2.18 bits per heavy atom. The van der Waals surface area contributed by atoms with E-state index < -0.39 is 5.60 Å². The quantitative estimate of drug-likeness (QED) is 0.859. The third kappa shape index (κ3) is 4.32. The van der Waals surface area contributed by atoms with Crippen molar-refractivity contribution in [3.8, 4) is 0 Å². The lowest BCUT2D eigenvalue weighted by atomic mass is 9.91. The summed E-state index contributed by atoms with van der Waals surface area (Å²) in [6, 6.07) is 0. The summed E-state index contributed by atoms with van der Waals surface area (Å²) in [5.41, 5.74) is 0.516. The summed E-state index contributed by atoms with van der Waals surface area (Å²) in [4.78, 5) is 25.9. The molecule has 1 atom stereocenters. The Kier molecular flexibility index (Phi) is 4.88. The lowest BCUT2D eigenvalue weighted by Crippen LogP contribution is -2.46. The second-order valence-corrected chi connectivity index (χ2v) is 6.75. The molecule has 0 N–H and O–H groups in total. The maximum absolute atomic E-state index is 12.1. The standard InChI is InChI=1S/C16H25N3O3/c1-5-19-10-12(9-17-19)8-13-11-18(7-6-14(13)20)15(21)22-16(2,3)4/h9-10,13H,5-8,11H2,1-4H3. The van der Waals surface area contributed by atoms with Crippen LogP contribution in [-0.2, 0) is 22.5 Å². The number of hydrogen-bond acceptors (Lipinski definition) is 4. The van der Waals surface area contributed by atoms with Crippen molar-refractivity contribution in [1.82, 2.24) is 14.7 Å². The van der Waals surface area contributed by atoms with E-state index in [0.29, 0.717) is 25.9 Å². The second kappa shape index (κ2) is 6.50. The molecule has 0 aromatic carbocycles. The van der Waals surface area contributed by atoms with Crippen molar-refractivity contribution in [2.24, 2.45) is 5.92 Å². The molecule has 6 heteroatoms. The van der Waals surface area contributed by atoms with Crippen LogP contribution < -0.4 is 0 Å². The van der Waals surface area contributed by atoms with Gasteiger partial charge in [0.05, 0.1) is 6.20 Å². The molecule has 0 radical (unpaired) electrons. The van der Waals surface area contributed by atoms with E-state index in [0.717, 1.165) is 12.1 Å². The number of ketones is 1. The molecule has 0 aliphatic carbocycles. The van der Waals surface area contributed by atoms with Gasteiger partial charge in [-0.3, -0.25) is 9.48 Å². The summed E-state index contributed by atoms with van der Waals surface area (Å²) in [6.45, 7) is 9.23. The number of aryl methyl sites for hydroxylation is 1. The maximum atomic E-state index is 12.1. The molecule has 2 heterocycles. The number of hydrogen-bond donors (Lipinski definition) is 0. The topological polar surface area (TPSA) is 64.4 Å². The zero-order chi connectivity index (χ0) is 16.3. The molecular weight excluding hydrogens is 282 g/mol. The Morgan fingerprint density at radius 3 is 2.77 bits per heavy atom. The minimum atomic E-state index is -0.518. The molecule has 1 aliphatic rings. The highest BCUT2D eigenvalue weighted by molar-refractivity contribution is 5.84. The minimum Gasteiger partial charge on any atom is -0.444 e. The predicted octanol–water partition coefficient (Wildman–Crippen LogP) is 2.27. The molecule has 6 nitrogen and oxygen atoms in total. The van der Waals surface area contributed by atoms with Crippen LogP contribution in [-0.4, -0.2) is 45.2 Å². The number of amides is 1. The van der Waals surface area contributed by atoms with Gasteiger partial charge in [0.1, 0.15) is 11.4 Å². The van der Waals surface area contributed by atoms with Gasteiger partial charge in [0, 0.05) is 38.2 Å². The van der Waals surface area contributed by atoms with Gasteiger partial charge in [-0.2, -0.15) is 5.10 Å². The fourth-order valence-corrected chi connectivity index (χ4v) is 2.55. The van der Waals surface area contributed by atoms with E-state index in [1.165, 1.54) is 0 Å². The van der Waals surface area contributed by atoms with Crippen molar-refractivity contribution in [3.05, 3.63) is 18.0 Å². The summed E-state index contributed by atoms with van der Waals surface area (Å²) in [7, 11) is 0. The van der Waals surface area contributed by atoms with E-state index in [4.69, 9.17) is 4.74 Å². The predicted molar refractivity (Wildman–Crippen MR) is 82.5 cm³/mol. The molecule has 0 bridgehead atoms. The average molecular weight is 307 g/mol. The highest BCUT2D eigenvalue weighted by Crippen LogP contribution is 2.20. The Hall–Kier alpha value is -1.85. The van der Waals surface area contributed by atoms with Gasteiger partial charge in [0.2, 0.25) is 0 Å². The van der Waals surface area contributed by atoms with Crippen LogP contribution >= 0.6 is 0 Å². The Morgan fingerprint density at radius 1 is 1.45 bits per heavy atom. The first-order valence-electron chi connectivity index (χ1n) is 7.80. The molecule has 2 rings (SSSR count). The van der Waals surface area contributed by atoms with Crippen LogP contribution in [0, 0.1) is 5.92 Å². The number of likely N-dealkylation sites (tertiary alicyclic amines) is 1. The van der Waals surface area contributed by atoms with E-state index in [1.807, 2.05) is 38.6 Å². The van der Waals surface area contributed by atoms with E-state index in [1.54, 1.807) is 11.1 Å². The minimum absolute atomic E-state index is 0.171. The van der Waals surface area contributed by atoms with Crippen molar-refractivity contribution in [2.75, 3.05) is 13.1 Å². The molecule has 1 saturated heterocycles. The first-order chi connectivity index (χ1) is 10.3. The normalized spacial score (nSPS) is 19.4. The van der Waals surface area contributed by atoms with Gasteiger partial charge in [-0.05, 0) is 39.7 Å². The third-order valence-corrected chi connectivity index (χ3v) is 3.67. The number of ether oxygens (including phenoxy) is 1. The Balaban J connectivity index is 1.98. The highest BCUT2D eigenvalue weighted by atomic mass is 16.6. The fourth-order valence-electron chi connectivity index (χ4n) is 2.55. The van der Waals surface area contributed by atoms with E-state index in [2.05, 4.69) is 5.10 Å². The average Bonchev–Trinajstić information content (AvgIpc) is 2.87. The number of carbonyl (C=O) groups is 2. The zero-order valence-electron chi connectivity index (χ0n) is 13.8. The summed E-state index contributed by atoms with van der Waals surface area (Å²) >= 11 is 0. The van der Waals surface area contributed by atoms with Crippen LogP contribution in [0.3, 0.4) is 0 Å². The van der Waals surface area contributed by atoms with Crippen LogP contribution in [0.1, 0.15) is 39.7 Å². The molecule has 1 amide bonds. The number of nitrogens with zero attached hydrogens (tertiary/aromatic N) is 3. The van der Waals surface area contributed by atoms with Crippen molar-refractivity contribution >= 4 is 11.9 Å². The molecule has 1 aromatic rings. The third-order valence-electron chi connectivity index (χ3n) is 3.67. The van der Waals surface area contributed by atoms with Crippen LogP contribution in [0.25, 0.3) is 0 Å². The van der Waals surface area contributed by atoms with Gasteiger partial charge < -0.3 is 9.64 Å². The summed E-state index contributed by atoms with van der Waals surface area (Å²) in [5.74, 6) is 0.0415. The van der Waals surface area contributed by atoms with Crippen molar-refractivity contribution in [1.29, 1.82) is 0 Å². The van der Waals surface area contributed by atoms with E-state index >= 15 is 0 Å². The van der Waals surface area contributed by atoms with Gasteiger partial charge in [-0.15, -0.1) is 0 Å².